The summed E-state index contributed by atoms with van der Waals surface area (Å²) in [5.74, 6) is 0.333. The van der Waals surface area contributed by atoms with E-state index >= 15 is 0 Å². The number of amides is 1. The van der Waals surface area contributed by atoms with Crippen LogP contribution in [0.3, 0.4) is 0 Å². The quantitative estimate of drug-likeness (QED) is 0.498. The summed E-state index contributed by atoms with van der Waals surface area (Å²) in [5, 5.41) is 2.75. The maximum atomic E-state index is 13.3. The average molecular weight is 453 g/mol. The molecule has 0 saturated carbocycles. The smallest absolute Gasteiger partial charge is 0.264 e. The Morgan fingerprint density at radius 2 is 1.56 bits per heavy atom. The van der Waals surface area contributed by atoms with Crippen LogP contribution in [0.1, 0.15) is 16.7 Å². The molecule has 0 fully saturated rings. The van der Waals surface area contributed by atoms with Crippen molar-refractivity contribution in [3.8, 4) is 5.75 Å². The zero-order chi connectivity index (χ0) is 23.1. The normalized spacial score (nSPS) is 11.1. The van der Waals surface area contributed by atoms with Crippen LogP contribution in [-0.4, -0.2) is 34.0 Å². The second-order valence-electron chi connectivity index (χ2n) is 7.69. The van der Waals surface area contributed by atoms with E-state index in [4.69, 9.17) is 4.74 Å². The Bertz CT molecular complexity index is 1160. The van der Waals surface area contributed by atoms with Crippen LogP contribution in [0.4, 0.5) is 5.69 Å². The van der Waals surface area contributed by atoms with E-state index in [1.807, 2.05) is 39.0 Å². The second kappa shape index (κ2) is 10.3. The van der Waals surface area contributed by atoms with Crippen molar-refractivity contribution >= 4 is 21.6 Å². The van der Waals surface area contributed by atoms with Crippen LogP contribution < -0.4 is 14.4 Å². The lowest BCUT2D eigenvalue weighted by molar-refractivity contribution is -0.119. The molecule has 0 aliphatic carbocycles. The number of carbonyl (C=O) groups excluding carboxylic acids is 1. The fourth-order valence-electron chi connectivity index (χ4n) is 3.38. The molecule has 0 bridgehead atoms. The molecule has 168 valence electrons. The summed E-state index contributed by atoms with van der Waals surface area (Å²) in [5.41, 5.74) is 3.54. The molecule has 0 atom stereocenters. The minimum absolute atomic E-state index is 0.132. The number of aryl methyl sites for hydroxylation is 3. The summed E-state index contributed by atoms with van der Waals surface area (Å²) in [7, 11) is -3.91. The van der Waals surface area contributed by atoms with Crippen molar-refractivity contribution in [2.75, 3.05) is 24.0 Å². The molecule has 0 heterocycles. The van der Waals surface area contributed by atoms with E-state index in [9.17, 15) is 13.2 Å². The Morgan fingerprint density at radius 1 is 0.875 bits per heavy atom. The van der Waals surface area contributed by atoms with E-state index in [0.29, 0.717) is 5.69 Å². The molecular weight excluding hydrogens is 424 g/mol. The number of hydrogen-bond donors (Lipinski definition) is 1. The third-order valence-electron chi connectivity index (χ3n) is 4.80. The van der Waals surface area contributed by atoms with Crippen molar-refractivity contribution in [2.45, 2.75) is 25.7 Å². The molecule has 3 aromatic rings. The number of anilines is 1. The van der Waals surface area contributed by atoms with Gasteiger partial charge in [0.25, 0.3) is 10.0 Å². The number of nitrogens with one attached hydrogen (secondary N) is 1. The molecule has 3 rings (SSSR count). The molecule has 0 aromatic heterocycles. The summed E-state index contributed by atoms with van der Waals surface area (Å²) < 4.78 is 33.4. The topological polar surface area (TPSA) is 75.7 Å². The van der Waals surface area contributed by atoms with E-state index in [-0.39, 0.29) is 24.6 Å². The first-order valence-corrected chi connectivity index (χ1v) is 11.8. The SMILES string of the molecule is Cc1cc(C)cc(OCCNC(=O)CN(c2cccc(C)c2)S(=O)(=O)c2ccccc2)c1. The lowest BCUT2D eigenvalue weighted by Gasteiger charge is -2.24. The molecule has 0 unspecified atom stereocenters. The highest BCUT2D eigenvalue weighted by Crippen LogP contribution is 2.24. The average Bonchev–Trinajstić information content (AvgIpc) is 2.75. The Hall–Kier alpha value is -3.32. The number of sulfonamides is 1. The highest BCUT2D eigenvalue weighted by Gasteiger charge is 2.27. The Balaban J connectivity index is 1.68. The van der Waals surface area contributed by atoms with Crippen LogP contribution >= 0.6 is 0 Å². The van der Waals surface area contributed by atoms with Crippen LogP contribution in [0.5, 0.6) is 5.75 Å². The van der Waals surface area contributed by atoms with Gasteiger partial charge in [-0.05, 0) is 73.9 Å². The van der Waals surface area contributed by atoms with Gasteiger partial charge < -0.3 is 10.1 Å². The zero-order valence-corrected chi connectivity index (χ0v) is 19.4. The summed E-state index contributed by atoms with van der Waals surface area (Å²) in [6.07, 6.45) is 0. The fourth-order valence-corrected chi connectivity index (χ4v) is 4.81. The summed E-state index contributed by atoms with van der Waals surface area (Å²) in [6, 6.07) is 21.1. The molecule has 32 heavy (non-hydrogen) atoms. The van der Waals surface area contributed by atoms with Gasteiger partial charge in [-0.2, -0.15) is 0 Å². The first kappa shape index (κ1) is 23.3. The molecule has 6 nitrogen and oxygen atoms in total. The Labute approximate surface area is 189 Å². The van der Waals surface area contributed by atoms with Gasteiger partial charge in [-0.25, -0.2) is 8.42 Å². The summed E-state index contributed by atoms with van der Waals surface area (Å²) in [4.78, 5) is 12.8. The van der Waals surface area contributed by atoms with Gasteiger partial charge in [0.2, 0.25) is 5.91 Å². The number of rotatable bonds is 9. The van der Waals surface area contributed by atoms with Crippen molar-refractivity contribution in [2.24, 2.45) is 0 Å². The van der Waals surface area contributed by atoms with E-state index in [1.165, 1.54) is 12.1 Å². The van der Waals surface area contributed by atoms with Gasteiger partial charge in [0, 0.05) is 0 Å². The van der Waals surface area contributed by atoms with Crippen molar-refractivity contribution in [3.63, 3.8) is 0 Å². The minimum atomic E-state index is -3.91. The lowest BCUT2D eigenvalue weighted by Crippen LogP contribution is -2.42. The summed E-state index contributed by atoms with van der Waals surface area (Å²) in [6.45, 7) is 6.08. The number of benzene rings is 3. The number of ether oxygens (including phenoxy) is 1. The number of hydrogen-bond acceptors (Lipinski definition) is 4. The van der Waals surface area contributed by atoms with E-state index in [0.717, 1.165) is 26.7 Å². The maximum absolute atomic E-state index is 13.3. The molecule has 0 radical (unpaired) electrons. The molecule has 7 heteroatoms. The van der Waals surface area contributed by atoms with Crippen LogP contribution in [0.2, 0.25) is 0 Å². The van der Waals surface area contributed by atoms with Gasteiger partial charge in [0.05, 0.1) is 17.1 Å². The van der Waals surface area contributed by atoms with Crippen molar-refractivity contribution < 1.29 is 17.9 Å². The van der Waals surface area contributed by atoms with Gasteiger partial charge in [-0.1, -0.05) is 36.4 Å². The Kier molecular flexibility index (Phi) is 7.53. The monoisotopic (exact) mass is 452 g/mol. The van der Waals surface area contributed by atoms with Crippen LogP contribution in [0, 0.1) is 20.8 Å². The number of carbonyl (C=O) groups is 1. The highest BCUT2D eigenvalue weighted by molar-refractivity contribution is 7.92. The van der Waals surface area contributed by atoms with Gasteiger partial charge in [-0.15, -0.1) is 0 Å². The highest BCUT2D eigenvalue weighted by atomic mass is 32.2. The van der Waals surface area contributed by atoms with E-state index < -0.39 is 15.9 Å². The van der Waals surface area contributed by atoms with Gasteiger partial charge >= 0.3 is 0 Å². The van der Waals surface area contributed by atoms with Gasteiger partial charge in [0.15, 0.2) is 0 Å². The van der Waals surface area contributed by atoms with Crippen molar-refractivity contribution in [3.05, 3.63) is 89.5 Å². The maximum Gasteiger partial charge on any atom is 0.264 e. The molecule has 1 amide bonds. The standard InChI is InChI=1S/C25H28N2O4S/c1-19-8-7-9-22(15-19)27(32(29,30)24-10-5-4-6-11-24)18-25(28)26-12-13-31-23-16-20(2)14-21(3)17-23/h4-11,14-17H,12-13,18H2,1-3H3,(H,26,28). The fraction of sp³-hybridized carbons (Fsp3) is 0.240. The predicted octanol–water partition coefficient (Wildman–Crippen LogP) is 4.00. The Morgan fingerprint density at radius 3 is 2.22 bits per heavy atom. The third kappa shape index (κ3) is 6.11. The van der Waals surface area contributed by atoms with Crippen LogP contribution in [0.15, 0.2) is 77.7 Å². The van der Waals surface area contributed by atoms with Gasteiger partial charge in [-0.3, -0.25) is 9.10 Å². The minimum Gasteiger partial charge on any atom is -0.492 e. The molecule has 3 aromatic carbocycles. The molecular formula is C25H28N2O4S. The van der Waals surface area contributed by atoms with E-state index in [2.05, 4.69) is 11.4 Å². The first-order chi connectivity index (χ1) is 15.3. The molecule has 1 N–H and O–H groups in total. The van der Waals surface area contributed by atoms with Crippen LogP contribution in [0.25, 0.3) is 0 Å². The zero-order valence-electron chi connectivity index (χ0n) is 18.5. The second-order valence-corrected chi connectivity index (χ2v) is 9.55. The largest absolute Gasteiger partial charge is 0.492 e. The van der Waals surface area contributed by atoms with Crippen molar-refractivity contribution in [1.82, 2.24) is 5.32 Å². The molecule has 0 aliphatic heterocycles. The van der Waals surface area contributed by atoms with E-state index in [1.54, 1.807) is 36.4 Å². The third-order valence-corrected chi connectivity index (χ3v) is 6.58. The number of nitrogens with zero attached hydrogens (tertiary/aromatic N) is 1. The first-order valence-electron chi connectivity index (χ1n) is 10.4. The lowest BCUT2D eigenvalue weighted by atomic mass is 10.1. The predicted molar refractivity (Wildman–Crippen MR) is 127 cm³/mol. The molecule has 0 aliphatic rings. The molecule has 0 saturated heterocycles. The van der Waals surface area contributed by atoms with Crippen LogP contribution in [-0.2, 0) is 14.8 Å². The van der Waals surface area contributed by atoms with Crippen molar-refractivity contribution in [1.29, 1.82) is 0 Å². The van der Waals surface area contributed by atoms with Gasteiger partial charge in [0.1, 0.15) is 18.9 Å². The summed E-state index contributed by atoms with van der Waals surface area (Å²) >= 11 is 0. The molecule has 0 spiro atoms.